The summed E-state index contributed by atoms with van der Waals surface area (Å²) >= 11 is 7.22. The van der Waals surface area contributed by atoms with E-state index in [9.17, 15) is 19.2 Å². The zero-order valence-corrected chi connectivity index (χ0v) is 24.0. The van der Waals surface area contributed by atoms with Gasteiger partial charge in [0.25, 0.3) is 0 Å². The Morgan fingerprint density at radius 2 is 1.44 bits per heavy atom. The maximum atomic E-state index is 13.5. The van der Waals surface area contributed by atoms with Gasteiger partial charge in [-0.3, -0.25) is 14.5 Å². The number of nitrogens with one attached hydrogen (secondary N) is 1. The van der Waals surface area contributed by atoms with Gasteiger partial charge in [0.05, 0.1) is 36.6 Å². The van der Waals surface area contributed by atoms with E-state index in [1.165, 1.54) is 11.8 Å². The van der Waals surface area contributed by atoms with E-state index in [0.29, 0.717) is 32.7 Å². The molecule has 2 amide bonds. The normalized spacial score (nSPS) is 15.6. The standard InChI is InChI=1S/C30H28ClN3O6S/c1-3-39-28(37)20-7-13-23(14-8-20)32-26(35)17-25-27(36)34(18-19-5-11-22(31)12-6-19)30(41-25)33-24-15-9-21(10-16-24)29(38)40-4-2/h5-16,25H,3-4,17-18H2,1-2H3,(H,32,35). The number of ether oxygens (including phenoxy) is 2. The molecule has 0 aliphatic carbocycles. The van der Waals surface area contributed by atoms with Crippen molar-refractivity contribution in [3.05, 3.63) is 94.5 Å². The number of hydrogen-bond donors (Lipinski definition) is 1. The molecular formula is C30H28ClN3O6S. The summed E-state index contributed by atoms with van der Waals surface area (Å²) < 4.78 is 10.0. The summed E-state index contributed by atoms with van der Waals surface area (Å²) in [7, 11) is 0. The molecule has 41 heavy (non-hydrogen) atoms. The van der Waals surface area contributed by atoms with Crippen molar-refractivity contribution in [3.8, 4) is 0 Å². The molecule has 1 fully saturated rings. The summed E-state index contributed by atoms with van der Waals surface area (Å²) in [5.41, 5.74) is 2.66. The molecule has 0 aromatic heterocycles. The third kappa shape index (κ3) is 7.96. The van der Waals surface area contributed by atoms with Crippen molar-refractivity contribution in [2.45, 2.75) is 32.1 Å². The molecule has 0 spiro atoms. The molecule has 3 aromatic carbocycles. The molecule has 1 unspecified atom stereocenters. The van der Waals surface area contributed by atoms with Gasteiger partial charge in [-0.15, -0.1) is 0 Å². The van der Waals surface area contributed by atoms with Gasteiger partial charge < -0.3 is 14.8 Å². The average molecular weight is 594 g/mol. The van der Waals surface area contributed by atoms with Crippen molar-refractivity contribution in [2.75, 3.05) is 18.5 Å². The number of amidine groups is 1. The number of hydrogen-bond acceptors (Lipinski definition) is 8. The first-order valence-corrected chi connectivity index (χ1v) is 14.2. The van der Waals surface area contributed by atoms with Crippen LogP contribution in [0.4, 0.5) is 11.4 Å². The lowest BCUT2D eigenvalue weighted by Crippen LogP contribution is -2.33. The third-order valence-corrected chi connectivity index (χ3v) is 7.36. The molecule has 212 valence electrons. The zero-order chi connectivity index (χ0) is 29.4. The lowest BCUT2D eigenvalue weighted by molar-refractivity contribution is -0.128. The number of anilines is 1. The van der Waals surface area contributed by atoms with E-state index in [4.69, 9.17) is 21.1 Å². The molecule has 4 rings (SSSR count). The molecule has 1 aliphatic rings. The number of carbonyl (C=O) groups is 4. The van der Waals surface area contributed by atoms with Crippen LogP contribution in [-0.2, 0) is 25.6 Å². The van der Waals surface area contributed by atoms with Crippen molar-refractivity contribution in [1.82, 2.24) is 4.90 Å². The van der Waals surface area contributed by atoms with E-state index >= 15 is 0 Å². The first-order valence-electron chi connectivity index (χ1n) is 12.9. The van der Waals surface area contributed by atoms with Crippen LogP contribution in [0.2, 0.25) is 5.02 Å². The Labute approximate surface area is 246 Å². The fourth-order valence-electron chi connectivity index (χ4n) is 3.92. The van der Waals surface area contributed by atoms with Crippen molar-refractivity contribution in [3.63, 3.8) is 0 Å². The van der Waals surface area contributed by atoms with Crippen LogP contribution in [0.1, 0.15) is 46.5 Å². The van der Waals surface area contributed by atoms with Crippen LogP contribution in [-0.4, -0.2) is 52.3 Å². The van der Waals surface area contributed by atoms with E-state index in [0.717, 1.165) is 5.56 Å². The summed E-state index contributed by atoms with van der Waals surface area (Å²) in [4.78, 5) is 56.4. The van der Waals surface area contributed by atoms with Gasteiger partial charge in [-0.1, -0.05) is 35.5 Å². The molecule has 0 bridgehead atoms. The Kier molecular flexibility index (Phi) is 10.2. The van der Waals surface area contributed by atoms with E-state index in [1.54, 1.807) is 79.4 Å². The van der Waals surface area contributed by atoms with Crippen molar-refractivity contribution >= 4 is 63.7 Å². The van der Waals surface area contributed by atoms with Crippen molar-refractivity contribution in [1.29, 1.82) is 0 Å². The van der Waals surface area contributed by atoms with E-state index < -0.39 is 17.2 Å². The van der Waals surface area contributed by atoms with Crippen LogP contribution in [0.25, 0.3) is 0 Å². The molecule has 1 atom stereocenters. The van der Waals surface area contributed by atoms with Crippen molar-refractivity contribution < 1.29 is 28.7 Å². The molecule has 11 heteroatoms. The lowest BCUT2D eigenvalue weighted by atomic mass is 10.2. The summed E-state index contributed by atoms with van der Waals surface area (Å²) in [6.45, 7) is 4.25. The summed E-state index contributed by atoms with van der Waals surface area (Å²) in [5, 5.41) is 3.10. The highest BCUT2D eigenvalue weighted by atomic mass is 35.5. The maximum Gasteiger partial charge on any atom is 0.338 e. The third-order valence-electron chi connectivity index (χ3n) is 5.93. The van der Waals surface area contributed by atoms with Crippen LogP contribution in [0, 0.1) is 0 Å². The number of halogens is 1. The second kappa shape index (κ2) is 14.0. The lowest BCUT2D eigenvalue weighted by Gasteiger charge is -2.17. The topological polar surface area (TPSA) is 114 Å². The monoisotopic (exact) mass is 593 g/mol. The van der Waals surface area contributed by atoms with Crippen LogP contribution in [0.15, 0.2) is 77.8 Å². The Balaban J connectivity index is 1.50. The van der Waals surface area contributed by atoms with Gasteiger partial charge in [0.2, 0.25) is 11.8 Å². The fourth-order valence-corrected chi connectivity index (χ4v) is 5.21. The molecule has 1 N–H and O–H groups in total. The smallest absolute Gasteiger partial charge is 0.338 e. The maximum absolute atomic E-state index is 13.5. The highest BCUT2D eigenvalue weighted by Crippen LogP contribution is 2.33. The molecule has 1 heterocycles. The van der Waals surface area contributed by atoms with E-state index in [1.807, 2.05) is 12.1 Å². The minimum atomic E-state index is -0.696. The van der Waals surface area contributed by atoms with Crippen LogP contribution < -0.4 is 5.32 Å². The molecule has 9 nitrogen and oxygen atoms in total. The number of aliphatic imine (C=N–C) groups is 1. The summed E-state index contributed by atoms with van der Waals surface area (Å²) in [5.74, 6) is -1.48. The first kappa shape index (κ1) is 29.8. The SMILES string of the molecule is CCOC(=O)c1ccc(N=C2SC(CC(=O)Nc3ccc(C(=O)OCC)cc3)C(=O)N2Cc2ccc(Cl)cc2)cc1. The van der Waals surface area contributed by atoms with Gasteiger partial charge >= 0.3 is 11.9 Å². The quantitative estimate of drug-likeness (QED) is 0.293. The molecule has 3 aromatic rings. The molecular weight excluding hydrogens is 566 g/mol. The predicted octanol–water partition coefficient (Wildman–Crippen LogP) is 5.85. The van der Waals surface area contributed by atoms with Gasteiger partial charge in [0, 0.05) is 17.1 Å². The predicted molar refractivity (Wildman–Crippen MR) is 159 cm³/mol. The Hall–Kier alpha value is -4.15. The van der Waals surface area contributed by atoms with Gasteiger partial charge in [-0.25, -0.2) is 14.6 Å². The minimum Gasteiger partial charge on any atom is -0.462 e. The van der Waals surface area contributed by atoms with Gasteiger partial charge in [0.1, 0.15) is 5.25 Å². The van der Waals surface area contributed by atoms with Crippen LogP contribution in [0.3, 0.4) is 0 Å². The highest BCUT2D eigenvalue weighted by Gasteiger charge is 2.39. The number of esters is 2. The fraction of sp³-hybridized carbons (Fsp3) is 0.233. The average Bonchev–Trinajstić information content (AvgIpc) is 3.23. The minimum absolute atomic E-state index is 0.0823. The van der Waals surface area contributed by atoms with Gasteiger partial charge in [0.15, 0.2) is 5.17 Å². The summed E-state index contributed by atoms with van der Waals surface area (Å²) in [6.07, 6.45) is -0.0823. The number of rotatable bonds is 10. The number of thioether (sulfide) groups is 1. The Bertz CT molecular complexity index is 1440. The van der Waals surface area contributed by atoms with Gasteiger partial charge in [-0.05, 0) is 80.1 Å². The molecule has 0 saturated carbocycles. The van der Waals surface area contributed by atoms with Crippen molar-refractivity contribution in [2.24, 2.45) is 4.99 Å². The highest BCUT2D eigenvalue weighted by molar-refractivity contribution is 8.15. The largest absolute Gasteiger partial charge is 0.462 e. The number of nitrogens with zero attached hydrogens (tertiary/aromatic N) is 2. The van der Waals surface area contributed by atoms with Crippen LogP contribution >= 0.6 is 23.4 Å². The van der Waals surface area contributed by atoms with E-state index in [2.05, 4.69) is 10.3 Å². The number of benzene rings is 3. The van der Waals surface area contributed by atoms with E-state index in [-0.39, 0.29) is 38.0 Å². The van der Waals surface area contributed by atoms with Gasteiger partial charge in [-0.2, -0.15) is 0 Å². The second-order valence-electron chi connectivity index (χ2n) is 8.87. The molecule has 1 aliphatic heterocycles. The first-order chi connectivity index (χ1) is 19.8. The van der Waals surface area contributed by atoms with Crippen LogP contribution in [0.5, 0.6) is 0 Å². The second-order valence-corrected chi connectivity index (χ2v) is 10.5. The Morgan fingerprint density at radius 3 is 2.00 bits per heavy atom. The zero-order valence-electron chi connectivity index (χ0n) is 22.5. The molecule has 0 radical (unpaired) electrons. The summed E-state index contributed by atoms with van der Waals surface area (Å²) in [6, 6.07) is 20.0. The number of carbonyl (C=O) groups excluding carboxylic acids is 4. The molecule has 1 saturated heterocycles. The Morgan fingerprint density at radius 1 is 0.878 bits per heavy atom. The number of amides is 2.